The van der Waals surface area contributed by atoms with Crippen LogP contribution in [0.25, 0.3) is 16.9 Å². The summed E-state index contributed by atoms with van der Waals surface area (Å²) in [7, 11) is 0. The number of imidazole rings is 1. The predicted octanol–water partition coefficient (Wildman–Crippen LogP) is 4.81. The summed E-state index contributed by atoms with van der Waals surface area (Å²) >= 11 is 6.03. The monoisotopic (exact) mass is 282 g/mol. The van der Waals surface area contributed by atoms with Crippen molar-refractivity contribution in [1.82, 2.24) is 9.55 Å². The molecule has 20 heavy (non-hydrogen) atoms. The molecule has 0 amide bonds. The van der Waals surface area contributed by atoms with E-state index in [1.807, 2.05) is 41.4 Å². The van der Waals surface area contributed by atoms with E-state index in [1.54, 1.807) is 0 Å². The fourth-order valence-electron chi connectivity index (χ4n) is 2.36. The van der Waals surface area contributed by atoms with E-state index in [9.17, 15) is 0 Å². The molecule has 2 aromatic carbocycles. The van der Waals surface area contributed by atoms with Crippen molar-refractivity contribution in [3.63, 3.8) is 0 Å². The first kappa shape index (κ1) is 12.9. The molecular weight excluding hydrogens is 268 g/mol. The molecule has 3 heteroatoms. The third kappa shape index (κ3) is 2.61. The Kier molecular flexibility index (Phi) is 3.33. The molecule has 0 aliphatic carbocycles. The van der Waals surface area contributed by atoms with Gasteiger partial charge in [-0.2, -0.15) is 0 Å². The van der Waals surface area contributed by atoms with Crippen LogP contribution in [-0.2, 0) is 0 Å². The zero-order valence-corrected chi connectivity index (χ0v) is 12.2. The van der Waals surface area contributed by atoms with Gasteiger partial charge in [0, 0.05) is 22.5 Å². The molecule has 0 fully saturated rings. The van der Waals surface area contributed by atoms with Gasteiger partial charge in [-0.1, -0.05) is 29.8 Å². The van der Waals surface area contributed by atoms with E-state index >= 15 is 0 Å². The lowest BCUT2D eigenvalue weighted by Crippen LogP contribution is -1.91. The largest absolute Gasteiger partial charge is 0.306 e. The van der Waals surface area contributed by atoms with E-state index in [1.165, 1.54) is 11.1 Å². The van der Waals surface area contributed by atoms with E-state index in [0.29, 0.717) is 0 Å². The summed E-state index contributed by atoms with van der Waals surface area (Å²) in [6, 6.07) is 14.2. The Hall–Kier alpha value is -2.06. The van der Waals surface area contributed by atoms with E-state index < -0.39 is 0 Å². The van der Waals surface area contributed by atoms with Crippen molar-refractivity contribution in [3.05, 3.63) is 71.1 Å². The van der Waals surface area contributed by atoms with E-state index in [4.69, 9.17) is 11.6 Å². The van der Waals surface area contributed by atoms with Crippen molar-refractivity contribution < 1.29 is 0 Å². The molecule has 3 aromatic rings. The van der Waals surface area contributed by atoms with Crippen molar-refractivity contribution >= 4 is 11.6 Å². The standard InChI is InChI=1S/C17H15ClN2/c1-12-6-13(2)8-16(7-12)20-10-17(19-11-20)14-4-3-5-15(18)9-14/h3-11H,1-2H3. The van der Waals surface area contributed by atoms with Gasteiger partial charge in [0.05, 0.1) is 12.0 Å². The maximum atomic E-state index is 6.03. The molecule has 3 rings (SSSR count). The van der Waals surface area contributed by atoms with E-state index in [-0.39, 0.29) is 0 Å². The molecule has 0 aliphatic rings. The van der Waals surface area contributed by atoms with Crippen molar-refractivity contribution in [2.24, 2.45) is 0 Å². The maximum Gasteiger partial charge on any atom is 0.0999 e. The van der Waals surface area contributed by atoms with Crippen LogP contribution in [0.2, 0.25) is 5.02 Å². The quantitative estimate of drug-likeness (QED) is 0.659. The molecule has 0 saturated heterocycles. The van der Waals surface area contributed by atoms with Gasteiger partial charge in [0.2, 0.25) is 0 Å². The van der Waals surface area contributed by atoms with Crippen LogP contribution in [0.4, 0.5) is 0 Å². The van der Waals surface area contributed by atoms with Crippen LogP contribution in [0.5, 0.6) is 0 Å². The second-order valence-corrected chi connectivity index (χ2v) is 5.46. The molecule has 0 saturated carbocycles. The third-order valence-corrected chi connectivity index (χ3v) is 3.44. The topological polar surface area (TPSA) is 17.8 Å². The fraction of sp³-hybridized carbons (Fsp3) is 0.118. The number of aromatic nitrogens is 2. The number of rotatable bonds is 2. The van der Waals surface area contributed by atoms with Crippen LogP contribution < -0.4 is 0 Å². The number of aryl methyl sites for hydroxylation is 2. The van der Waals surface area contributed by atoms with E-state index in [2.05, 4.69) is 37.0 Å². The molecular formula is C17H15ClN2. The molecule has 0 atom stereocenters. The van der Waals surface area contributed by atoms with E-state index in [0.717, 1.165) is 22.0 Å². The minimum absolute atomic E-state index is 0.725. The van der Waals surface area contributed by atoms with Crippen LogP contribution in [0.3, 0.4) is 0 Å². The highest BCUT2D eigenvalue weighted by Gasteiger charge is 2.05. The van der Waals surface area contributed by atoms with Gasteiger partial charge in [-0.05, 0) is 49.2 Å². The summed E-state index contributed by atoms with van der Waals surface area (Å²) in [6.45, 7) is 4.20. The number of nitrogens with zero attached hydrogens (tertiary/aromatic N) is 2. The molecule has 0 aliphatic heterocycles. The van der Waals surface area contributed by atoms with Crippen LogP contribution in [0, 0.1) is 13.8 Å². The van der Waals surface area contributed by atoms with Gasteiger partial charge in [-0.25, -0.2) is 4.98 Å². The molecule has 2 nitrogen and oxygen atoms in total. The second-order valence-electron chi connectivity index (χ2n) is 5.02. The summed E-state index contributed by atoms with van der Waals surface area (Å²) in [4.78, 5) is 4.47. The smallest absolute Gasteiger partial charge is 0.0999 e. The van der Waals surface area contributed by atoms with Gasteiger partial charge in [0.1, 0.15) is 0 Å². The average Bonchev–Trinajstić information content (AvgIpc) is 2.87. The van der Waals surface area contributed by atoms with Crippen LogP contribution >= 0.6 is 11.6 Å². The summed E-state index contributed by atoms with van der Waals surface area (Å²) < 4.78 is 2.04. The van der Waals surface area contributed by atoms with Crippen LogP contribution in [-0.4, -0.2) is 9.55 Å². The van der Waals surface area contributed by atoms with Crippen molar-refractivity contribution in [1.29, 1.82) is 0 Å². The Bertz CT molecular complexity index is 739. The Morgan fingerprint density at radius 1 is 1.00 bits per heavy atom. The normalized spacial score (nSPS) is 10.8. The van der Waals surface area contributed by atoms with Gasteiger partial charge in [0.25, 0.3) is 0 Å². The molecule has 100 valence electrons. The van der Waals surface area contributed by atoms with Crippen LogP contribution in [0.15, 0.2) is 55.0 Å². The molecule has 0 unspecified atom stereocenters. The first-order chi connectivity index (χ1) is 9.61. The Morgan fingerprint density at radius 2 is 1.75 bits per heavy atom. The number of hydrogen-bond acceptors (Lipinski definition) is 1. The lowest BCUT2D eigenvalue weighted by molar-refractivity contribution is 1.05. The highest BCUT2D eigenvalue weighted by atomic mass is 35.5. The summed E-state index contributed by atoms with van der Waals surface area (Å²) in [5, 5.41) is 0.725. The number of benzene rings is 2. The zero-order chi connectivity index (χ0) is 14.1. The third-order valence-electron chi connectivity index (χ3n) is 3.21. The number of hydrogen-bond donors (Lipinski definition) is 0. The first-order valence-corrected chi connectivity index (χ1v) is 6.88. The van der Waals surface area contributed by atoms with Gasteiger partial charge in [-0.15, -0.1) is 0 Å². The number of halogens is 1. The Morgan fingerprint density at radius 3 is 2.45 bits per heavy atom. The predicted molar refractivity (Wildman–Crippen MR) is 83.5 cm³/mol. The molecule has 1 aromatic heterocycles. The van der Waals surface area contributed by atoms with Crippen molar-refractivity contribution in [2.75, 3.05) is 0 Å². The van der Waals surface area contributed by atoms with Gasteiger partial charge in [-0.3, -0.25) is 0 Å². The molecule has 0 spiro atoms. The summed E-state index contributed by atoms with van der Waals surface area (Å²) in [5.74, 6) is 0. The molecule has 1 heterocycles. The molecule has 0 radical (unpaired) electrons. The maximum absolute atomic E-state index is 6.03. The van der Waals surface area contributed by atoms with Gasteiger partial charge < -0.3 is 4.57 Å². The Balaban J connectivity index is 2.02. The average molecular weight is 283 g/mol. The molecule has 0 bridgehead atoms. The van der Waals surface area contributed by atoms with Crippen molar-refractivity contribution in [2.45, 2.75) is 13.8 Å². The Labute approximate surface area is 123 Å². The summed E-state index contributed by atoms with van der Waals surface area (Å²) in [6.07, 6.45) is 3.87. The first-order valence-electron chi connectivity index (χ1n) is 6.50. The SMILES string of the molecule is Cc1cc(C)cc(-n2cnc(-c3cccc(Cl)c3)c2)c1. The minimum Gasteiger partial charge on any atom is -0.306 e. The second kappa shape index (κ2) is 5.14. The summed E-state index contributed by atoms with van der Waals surface area (Å²) in [5.41, 5.74) is 5.58. The minimum atomic E-state index is 0.725. The van der Waals surface area contributed by atoms with Gasteiger partial charge in [0.15, 0.2) is 0 Å². The lowest BCUT2D eigenvalue weighted by Gasteiger charge is -2.05. The molecule has 0 N–H and O–H groups in total. The van der Waals surface area contributed by atoms with Gasteiger partial charge >= 0.3 is 0 Å². The zero-order valence-electron chi connectivity index (χ0n) is 11.5. The highest BCUT2D eigenvalue weighted by molar-refractivity contribution is 6.30. The van der Waals surface area contributed by atoms with Crippen LogP contribution in [0.1, 0.15) is 11.1 Å². The van der Waals surface area contributed by atoms with Crippen molar-refractivity contribution in [3.8, 4) is 16.9 Å². The lowest BCUT2D eigenvalue weighted by atomic mass is 10.1. The fourth-order valence-corrected chi connectivity index (χ4v) is 2.55. The highest BCUT2D eigenvalue weighted by Crippen LogP contribution is 2.22.